The van der Waals surface area contributed by atoms with E-state index in [2.05, 4.69) is 13.0 Å². The first-order valence-electron chi connectivity index (χ1n) is 5.78. The van der Waals surface area contributed by atoms with Gasteiger partial charge < -0.3 is 4.90 Å². The van der Waals surface area contributed by atoms with Gasteiger partial charge in [0.25, 0.3) is 0 Å². The van der Waals surface area contributed by atoms with Gasteiger partial charge in [0.15, 0.2) is 0 Å². The first kappa shape index (κ1) is 14.0. The Kier molecular flexibility index (Phi) is 7.71. The Balaban J connectivity index is 3.61. The Morgan fingerprint density at radius 3 is 2.47 bits per heavy atom. The quantitative estimate of drug-likeness (QED) is 0.606. The van der Waals surface area contributed by atoms with Crippen molar-refractivity contribution in [1.82, 2.24) is 4.90 Å². The van der Waals surface area contributed by atoms with E-state index in [4.69, 9.17) is 5.26 Å². The van der Waals surface area contributed by atoms with E-state index in [9.17, 15) is 4.79 Å². The third-order valence-electron chi connectivity index (χ3n) is 2.66. The molecule has 0 aliphatic rings. The van der Waals surface area contributed by atoms with Crippen molar-refractivity contribution in [1.29, 1.82) is 5.26 Å². The molecule has 3 heteroatoms. The van der Waals surface area contributed by atoms with E-state index in [-0.39, 0.29) is 11.9 Å². The molecule has 0 aliphatic carbocycles. The molecule has 1 amide bonds. The van der Waals surface area contributed by atoms with Gasteiger partial charge in [-0.15, -0.1) is 0 Å². The smallest absolute Gasteiger partial charge is 0.223 e. The van der Waals surface area contributed by atoms with Crippen molar-refractivity contribution in [2.45, 2.75) is 58.4 Å². The van der Waals surface area contributed by atoms with Gasteiger partial charge in [-0.1, -0.05) is 32.6 Å². The van der Waals surface area contributed by atoms with Crippen molar-refractivity contribution >= 4 is 5.91 Å². The lowest BCUT2D eigenvalue weighted by atomic mass is 10.1. The molecule has 0 fully saturated rings. The lowest BCUT2D eigenvalue weighted by Gasteiger charge is -2.19. The fourth-order valence-electron chi connectivity index (χ4n) is 1.36. The van der Waals surface area contributed by atoms with Gasteiger partial charge in [0, 0.05) is 13.5 Å². The normalized spacial score (nSPS) is 11.9. The van der Waals surface area contributed by atoms with Gasteiger partial charge in [-0.25, -0.2) is 0 Å². The molecule has 0 bridgehead atoms. The van der Waals surface area contributed by atoms with Crippen molar-refractivity contribution in [2.75, 3.05) is 7.05 Å². The maximum Gasteiger partial charge on any atom is 0.223 e. The zero-order valence-electron chi connectivity index (χ0n) is 10.1. The molecule has 15 heavy (non-hydrogen) atoms. The molecule has 86 valence electrons. The lowest BCUT2D eigenvalue weighted by Crippen LogP contribution is -2.33. The second-order valence-electron chi connectivity index (χ2n) is 3.97. The van der Waals surface area contributed by atoms with Gasteiger partial charge in [-0.3, -0.25) is 4.79 Å². The number of rotatable bonds is 7. The minimum Gasteiger partial charge on any atom is -0.330 e. The molecule has 0 rings (SSSR count). The molecule has 0 saturated carbocycles. The summed E-state index contributed by atoms with van der Waals surface area (Å²) in [5, 5.41) is 8.65. The maximum absolute atomic E-state index is 11.6. The van der Waals surface area contributed by atoms with Crippen molar-refractivity contribution < 1.29 is 4.79 Å². The number of amides is 1. The van der Waals surface area contributed by atoms with Crippen LogP contribution in [0.15, 0.2) is 0 Å². The lowest BCUT2D eigenvalue weighted by molar-refractivity contribution is -0.130. The second-order valence-corrected chi connectivity index (χ2v) is 3.97. The van der Waals surface area contributed by atoms with Crippen molar-refractivity contribution in [2.24, 2.45) is 0 Å². The number of carbonyl (C=O) groups excluding carboxylic acids is 1. The molecule has 0 N–H and O–H groups in total. The summed E-state index contributed by atoms with van der Waals surface area (Å²) in [6.45, 7) is 3.92. The SMILES string of the molecule is CCCCCCCC(=O)N(C)C(C)C#N. The molecular formula is C12H22N2O. The highest BCUT2D eigenvalue weighted by atomic mass is 16.2. The van der Waals surface area contributed by atoms with Crippen molar-refractivity contribution in [3.8, 4) is 6.07 Å². The van der Waals surface area contributed by atoms with E-state index in [0.717, 1.165) is 12.8 Å². The van der Waals surface area contributed by atoms with E-state index >= 15 is 0 Å². The monoisotopic (exact) mass is 210 g/mol. The molecule has 3 nitrogen and oxygen atoms in total. The van der Waals surface area contributed by atoms with Crippen LogP contribution in [0.2, 0.25) is 0 Å². The van der Waals surface area contributed by atoms with E-state index < -0.39 is 0 Å². The Bertz CT molecular complexity index is 220. The average Bonchev–Trinajstić information content (AvgIpc) is 2.26. The first-order chi connectivity index (χ1) is 7.13. The van der Waals surface area contributed by atoms with Gasteiger partial charge in [-0.05, 0) is 13.3 Å². The first-order valence-corrected chi connectivity index (χ1v) is 5.78. The van der Waals surface area contributed by atoms with Crippen molar-refractivity contribution in [3.05, 3.63) is 0 Å². The predicted molar refractivity (Wildman–Crippen MR) is 61.2 cm³/mol. The van der Waals surface area contributed by atoms with Gasteiger partial charge in [-0.2, -0.15) is 5.26 Å². The minimum absolute atomic E-state index is 0.0838. The van der Waals surface area contributed by atoms with Crippen LogP contribution in [0, 0.1) is 11.3 Å². The fourth-order valence-corrected chi connectivity index (χ4v) is 1.36. The van der Waals surface area contributed by atoms with Crippen LogP contribution in [0.4, 0.5) is 0 Å². The number of nitriles is 1. The van der Waals surface area contributed by atoms with E-state index in [1.807, 2.05) is 0 Å². The average molecular weight is 210 g/mol. The van der Waals surface area contributed by atoms with E-state index in [1.165, 1.54) is 24.2 Å². The summed E-state index contributed by atoms with van der Waals surface area (Å²) >= 11 is 0. The third-order valence-corrected chi connectivity index (χ3v) is 2.66. The highest BCUT2D eigenvalue weighted by molar-refractivity contribution is 5.76. The summed E-state index contributed by atoms with van der Waals surface area (Å²) in [6, 6.07) is 1.75. The maximum atomic E-state index is 11.6. The third kappa shape index (κ3) is 6.11. The zero-order valence-corrected chi connectivity index (χ0v) is 10.1. The number of hydrogen-bond acceptors (Lipinski definition) is 2. The van der Waals surface area contributed by atoms with Gasteiger partial charge in [0.05, 0.1) is 6.07 Å². The van der Waals surface area contributed by atoms with Gasteiger partial charge >= 0.3 is 0 Å². The molecule has 0 saturated heterocycles. The highest BCUT2D eigenvalue weighted by Crippen LogP contribution is 2.07. The summed E-state index contributed by atoms with van der Waals surface area (Å²) < 4.78 is 0. The summed E-state index contributed by atoms with van der Waals surface area (Å²) in [5.74, 6) is 0.0838. The van der Waals surface area contributed by atoms with E-state index in [1.54, 1.807) is 14.0 Å². The highest BCUT2D eigenvalue weighted by Gasteiger charge is 2.13. The molecule has 1 atom stereocenters. The standard InChI is InChI=1S/C12H22N2O/c1-4-5-6-7-8-9-12(15)14(3)11(2)10-13/h11H,4-9H2,1-3H3. The van der Waals surface area contributed by atoms with Crippen LogP contribution in [0.25, 0.3) is 0 Å². The molecule has 0 aliphatic heterocycles. The molecule has 0 aromatic rings. The van der Waals surface area contributed by atoms with Crippen LogP contribution < -0.4 is 0 Å². The fraction of sp³-hybridized carbons (Fsp3) is 0.833. The van der Waals surface area contributed by atoms with Gasteiger partial charge in [0.1, 0.15) is 6.04 Å². The van der Waals surface area contributed by atoms with Crippen LogP contribution in [0.1, 0.15) is 52.4 Å². The summed E-state index contributed by atoms with van der Waals surface area (Å²) in [6.07, 6.45) is 6.32. The van der Waals surface area contributed by atoms with Crippen LogP contribution in [0.5, 0.6) is 0 Å². The number of carbonyl (C=O) groups is 1. The summed E-state index contributed by atoms with van der Waals surface area (Å²) in [5.41, 5.74) is 0. The minimum atomic E-state index is -0.312. The van der Waals surface area contributed by atoms with E-state index in [0.29, 0.717) is 6.42 Å². The molecule has 0 aromatic heterocycles. The number of nitrogens with zero attached hydrogens (tertiary/aromatic N) is 2. The van der Waals surface area contributed by atoms with Gasteiger partial charge in [0.2, 0.25) is 5.91 Å². The summed E-state index contributed by atoms with van der Waals surface area (Å²) in [4.78, 5) is 13.1. The Morgan fingerprint density at radius 1 is 1.33 bits per heavy atom. The van der Waals surface area contributed by atoms with Crippen LogP contribution in [-0.4, -0.2) is 23.9 Å². The topological polar surface area (TPSA) is 44.1 Å². The largest absolute Gasteiger partial charge is 0.330 e. The Morgan fingerprint density at radius 2 is 1.93 bits per heavy atom. The summed E-state index contributed by atoms with van der Waals surface area (Å²) in [7, 11) is 1.70. The molecule has 0 spiro atoms. The molecule has 1 unspecified atom stereocenters. The number of unbranched alkanes of at least 4 members (excludes halogenated alkanes) is 4. The second kappa shape index (κ2) is 8.28. The Labute approximate surface area is 93.1 Å². The van der Waals surface area contributed by atoms with Crippen LogP contribution in [0.3, 0.4) is 0 Å². The molecule has 0 aromatic carbocycles. The molecule has 0 heterocycles. The molecule has 0 radical (unpaired) electrons. The Hall–Kier alpha value is -1.04. The van der Waals surface area contributed by atoms with Crippen LogP contribution >= 0.6 is 0 Å². The predicted octanol–water partition coefficient (Wildman–Crippen LogP) is 2.72. The molecular weight excluding hydrogens is 188 g/mol. The number of hydrogen-bond donors (Lipinski definition) is 0. The van der Waals surface area contributed by atoms with Crippen LogP contribution in [-0.2, 0) is 4.79 Å². The van der Waals surface area contributed by atoms with Crippen molar-refractivity contribution in [3.63, 3.8) is 0 Å². The zero-order chi connectivity index (χ0) is 11.7.